The molecule has 1 fully saturated rings. The summed E-state index contributed by atoms with van der Waals surface area (Å²) < 4.78 is 11.0. The van der Waals surface area contributed by atoms with Crippen LogP contribution in [-0.2, 0) is 4.74 Å². The normalized spacial score (nSPS) is 21.1. The van der Waals surface area contributed by atoms with Crippen molar-refractivity contribution < 1.29 is 9.47 Å². The average Bonchev–Trinajstić information content (AvgIpc) is 2.64. The summed E-state index contributed by atoms with van der Waals surface area (Å²) in [6, 6.07) is 5.79. The predicted molar refractivity (Wildman–Crippen MR) is 55.4 cm³/mol. The Morgan fingerprint density at radius 2 is 2.36 bits per heavy atom. The standard InChI is InChI=1S/C11H15NO2/c1-8-3-2-4-10(12)11(8)14-9-5-6-13-7-9/h2-4,9H,5-7,12H2,1H3/t9-/m0/s1. The van der Waals surface area contributed by atoms with Crippen LogP contribution in [0.25, 0.3) is 0 Å². The Morgan fingerprint density at radius 1 is 1.50 bits per heavy atom. The lowest BCUT2D eigenvalue weighted by molar-refractivity contribution is 0.141. The second-order valence-electron chi connectivity index (χ2n) is 3.60. The van der Waals surface area contributed by atoms with Crippen LogP contribution in [0.4, 0.5) is 5.69 Å². The topological polar surface area (TPSA) is 44.5 Å². The first kappa shape index (κ1) is 9.34. The average molecular weight is 193 g/mol. The van der Waals surface area contributed by atoms with Crippen molar-refractivity contribution >= 4 is 5.69 Å². The summed E-state index contributed by atoms with van der Waals surface area (Å²) in [7, 11) is 0. The number of rotatable bonds is 2. The lowest BCUT2D eigenvalue weighted by atomic mass is 10.2. The number of benzene rings is 1. The zero-order valence-corrected chi connectivity index (χ0v) is 8.32. The molecule has 2 N–H and O–H groups in total. The van der Waals surface area contributed by atoms with E-state index in [1.165, 1.54) is 0 Å². The smallest absolute Gasteiger partial charge is 0.145 e. The van der Waals surface area contributed by atoms with Gasteiger partial charge in [-0.1, -0.05) is 12.1 Å². The molecule has 0 aromatic heterocycles. The molecule has 3 heteroatoms. The zero-order valence-electron chi connectivity index (χ0n) is 8.32. The van der Waals surface area contributed by atoms with E-state index < -0.39 is 0 Å². The van der Waals surface area contributed by atoms with Crippen LogP contribution >= 0.6 is 0 Å². The Kier molecular flexibility index (Phi) is 2.59. The number of para-hydroxylation sites is 1. The van der Waals surface area contributed by atoms with Gasteiger partial charge in [-0.3, -0.25) is 0 Å². The number of ether oxygens (including phenoxy) is 2. The van der Waals surface area contributed by atoms with E-state index in [2.05, 4.69) is 0 Å². The van der Waals surface area contributed by atoms with Crippen molar-refractivity contribution in [2.24, 2.45) is 0 Å². The summed E-state index contributed by atoms with van der Waals surface area (Å²) in [4.78, 5) is 0. The van der Waals surface area contributed by atoms with Gasteiger partial charge in [0.2, 0.25) is 0 Å². The summed E-state index contributed by atoms with van der Waals surface area (Å²) >= 11 is 0. The van der Waals surface area contributed by atoms with Crippen LogP contribution in [0.3, 0.4) is 0 Å². The van der Waals surface area contributed by atoms with E-state index in [9.17, 15) is 0 Å². The highest BCUT2D eigenvalue weighted by Crippen LogP contribution is 2.27. The van der Waals surface area contributed by atoms with E-state index in [1.54, 1.807) is 0 Å². The molecule has 0 unspecified atom stereocenters. The van der Waals surface area contributed by atoms with Crippen LogP contribution in [0.15, 0.2) is 18.2 Å². The van der Waals surface area contributed by atoms with E-state index in [1.807, 2.05) is 25.1 Å². The first-order valence-corrected chi connectivity index (χ1v) is 4.87. The van der Waals surface area contributed by atoms with Crippen LogP contribution in [-0.4, -0.2) is 19.3 Å². The van der Waals surface area contributed by atoms with Gasteiger partial charge in [-0.15, -0.1) is 0 Å². The molecule has 0 bridgehead atoms. The third-order valence-corrected chi connectivity index (χ3v) is 2.41. The van der Waals surface area contributed by atoms with E-state index in [0.717, 1.165) is 24.3 Å². The van der Waals surface area contributed by atoms with Crippen molar-refractivity contribution in [2.45, 2.75) is 19.4 Å². The van der Waals surface area contributed by atoms with Crippen molar-refractivity contribution in [3.8, 4) is 5.75 Å². The van der Waals surface area contributed by atoms with E-state index in [0.29, 0.717) is 12.3 Å². The number of aryl methyl sites for hydroxylation is 1. The first-order valence-electron chi connectivity index (χ1n) is 4.87. The molecule has 76 valence electrons. The maximum absolute atomic E-state index is 5.83. The van der Waals surface area contributed by atoms with Gasteiger partial charge in [0, 0.05) is 6.42 Å². The van der Waals surface area contributed by atoms with Crippen molar-refractivity contribution in [2.75, 3.05) is 18.9 Å². The van der Waals surface area contributed by atoms with Crippen LogP contribution in [0.5, 0.6) is 5.75 Å². The SMILES string of the molecule is Cc1cccc(N)c1O[C@H]1CCOC1. The lowest BCUT2D eigenvalue weighted by Crippen LogP contribution is -2.17. The molecule has 1 atom stereocenters. The minimum Gasteiger partial charge on any atom is -0.485 e. The molecule has 1 aliphatic rings. The number of hydrogen-bond acceptors (Lipinski definition) is 3. The fraction of sp³-hybridized carbons (Fsp3) is 0.455. The monoisotopic (exact) mass is 193 g/mol. The number of nitrogens with two attached hydrogens (primary N) is 1. The quantitative estimate of drug-likeness (QED) is 0.728. The molecule has 1 aromatic carbocycles. The van der Waals surface area contributed by atoms with Gasteiger partial charge in [0.25, 0.3) is 0 Å². The largest absolute Gasteiger partial charge is 0.485 e. The van der Waals surface area contributed by atoms with Crippen molar-refractivity contribution in [3.63, 3.8) is 0 Å². The fourth-order valence-corrected chi connectivity index (χ4v) is 1.61. The molecule has 1 saturated heterocycles. The Morgan fingerprint density at radius 3 is 3.00 bits per heavy atom. The molecular weight excluding hydrogens is 178 g/mol. The molecule has 1 aliphatic heterocycles. The highest BCUT2D eigenvalue weighted by molar-refractivity contribution is 5.56. The molecule has 0 radical (unpaired) electrons. The van der Waals surface area contributed by atoms with Crippen molar-refractivity contribution in [1.29, 1.82) is 0 Å². The molecule has 14 heavy (non-hydrogen) atoms. The molecule has 0 amide bonds. The fourth-order valence-electron chi connectivity index (χ4n) is 1.61. The third kappa shape index (κ3) is 1.82. The van der Waals surface area contributed by atoms with Gasteiger partial charge < -0.3 is 15.2 Å². The highest BCUT2D eigenvalue weighted by Gasteiger charge is 2.18. The second-order valence-corrected chi connectivity index (χ2v) is 3.60. The van der Waals surface area contributed by atoms with Crippen LogP contribution in [0.1, 0.15) is 12.0 Å². The Balaban J connectivity index is 2.14. The van der Waals surface area contributed by atoms with Gasteiger partial charge in [-0.05, 0) is 18.6 Å². The molecule has 1 aromatic rings. The summed E-state index contributed by atoms with van der Waals surface area (Å²) in [5.74, 6) is 0.808. The molecule has 0 aliphatic carbocycles. The van der Waals surface area contributed by atoms with Gasteiger partial charge >= 0.3 is 0 Å². The Bertz CT molecular complexity index is 299. The van der Waals surface area contributed by atoms with Gasteiger partial charge in [-0.2, -0.15) is 0 Å². The zero-order chi connectivity index (χ0) is 9.97. The summed E-state index contributed by atoms with van der Waals surface area (Å²) in [5, 5.41) is 0. The van der Waals surface area contributed by atoms with Gasteiger partial charge in [0.1, 0.15) is 11.9 Å². The molecule has 3 nitrogen and oxygen atoms in total. The van der Waals surface area contributed by atoms with Gasteiger partial charge in [-0.25, -0.2) is 0 Å². The van der Waals surface area contributed by atoms with Crippen molar-refractivity contribution in [3.05, 3.63) is 23.8 Å². The van der Waals surface area contributed by atoms with Gasteiger partial charge in [0.05, 0.1) is 18.9 Å². The number of nitrogen functional groups attached to an aromatic ring is 1. The molecule has 2 rings (SSSR count). The second kappa shape index (κ2) is 3.88. The Labute approximate surface area is 83.8 Å². The summed E-state index contributed by atoms with van der Waals surface area (Å²) in [6.45, 7) is 3.46. The molecule has 1 heterocycles. The minimum absolute atomic E-state index is 0.165. The first-order chi connectivity index (χ1) is 6.77. The van der Waals surface area contributed by atoms with E-state index in [4.69, 9.17) is 15.2 Å². The maximum atomic E-state index is 5.83. The summed E-state index contributed by atoms with van der Waals surface area (Å²) in [5.41, 5.74) is 7.62. The summed E-state index contributed by atoms with van der Waals surface area (Å²) in [6.07, 6.45) is 1.12. The van der Waals surface area contributed by atoms with Crippen LogP contribution in [0.2, 0.25) is 0 Å². The molecular formula is C11H15NO2. The molecule has 0 spiro atoms. The highest BCUT2D eigenvalue weighted by atomic mass is 16.5. The van der Waals surface area contributed by atoms with Gasteiger partial charge in [0.15, 0.2) is 0 Å². The minimum atomic E-state index is 0.165. The maximum Gasteiger partial charge on any atom is 0.145 e. The van der Waals surface area contributed by atoms with E-state index in [-0.39, 0.29) is 6.10 Å². The predicted octanol–water partition coefficient (Wildman–Crippen LogP) is 1.74. The Hall–Kier alpha value is -1.22. The van der Waals surface area contributed by atoms with Crippen LogP contribution < -0.4 is 10.5 Å². The van der Waals surface area contributed by atoms with Crippen molar-refractivity contribution in [1.82, 2.24) is 0 Å². The third-order valence-electron chi connectivity index (χ3n) is 2.41. The lowest BCUT2D eigenvalue weighted by Gasteiger charge is -2.15. The van der Waals surface area contributed by atoms with E-state index >= 15 is 0 Å². The van der Waals surface area contributed by atoms with Crippen LogP contribution in [0, 0.1) is 6.92 Å². The number of hydrogen-bond donors (Lipinski definition) is 1. The molecule has 0 saturated carbocycles. The number of anilines is 1.